The van der Waals surface area contributed by atoms with Crippen molar-refractivity contribution in [1.29, 1.82) is 0 Å². The van der Waals surface area contributed by atoms with Gasteiger partial charge in [0.1, 0.15) is 0 Å². The van der Waals surface area contributed by atoms with Crippen LogP contribution in [0.3, 0.4) is 0 Å². The quantitative estimate of drug-likeness (QED) is 0.644. The van der Waals surface area contributed by atoms with Gasteiger partial charge in [0.25, 0.3) is 0 Å². The number of nitrogens with zero attached hydrogens (tertiary/aromatic N) is 2. The van der Waals surface area contributed by atoms with Crippen LogP contribution in [0, 0.1) is 0 Å². The lowest BCUT2D eigenvalue weighted by Crippen LogP contribution is -2.46. The second kappa shape index (κ2) is 11.4. The van der Waals surface area contributed by atoms with E-state index in [0.717, 1.165) is 0 Å². The summed E-state index contributed by atoms with van der Waals surface area (Å²) in [6.45, 7) is 16.3. The summed E-state index contributed by atoms with van der Waals surface area (Å²) in [5.74, 6) is 0. The molecule has 0 atom stereocenters. The highest BCUT2D eigenvalue weighted by atomic mass is 15.3. The van der Waals surface area contributed by atoms with Gasteiger partial charge in [0.05, 0.1) is 0 Å². The molecule has 0 radical (unpaired) electrons. The Bertz CT molecular complexity index is 129. The van der Waals surface area contributed by atoms with Crippen molar-refractivity contribution in [2.75, 3.05) is 39.3 Å². The Hall–Kier alpha value is -0.0800. The number of unbranched alkanes of at least 4 members (excludes halogenated alkanes) is 2. The van der Waals surface area contributed by atoms with Gasteiger partial charge in [-0.15, -0.1) is 0 Å². The molecule has 1 aliphatic rings. The van der Waals surface area contributed by atoms with Gasteiger partial charge >= 0.3 is 0 Å². The Morgan fingerprint density at radius 2 is 1.19 bits per heavy atom. The van der Waals surface area contributed by atoms with Gasteiger partial charge in [-0.3, -0.25) is 0 Å². The molecule has 0 aliphatic carbocycles. The zero-order chi connectivity index (χ0) is 12.2. The third-order valence-electron chi connectivity index (χ3n) is 3.08. The maximum absolute atomic E-state index is 2.63. The smallest absolute Gasteiger partial charge is 0.0110 e. The van der Waals surface area contributed by atoms with Crippen molar-refractivity contribution in [1.82, 2.24) is 9.80 Å². The first-order valence-corrected chi connectivity index (χ1v) is 7.31. The monoisotopic (exact) mass is 228 g/mol. The van der Waals surface area contributed by atoms with E-state index >= 15 is 0 Å². The fourth-order valence-corrected chi connectivity index (χ4v) is 2.14. The fraction of sp³-hybridized carbons (Fsp3) is 1.00. The summed E-state index contributed by atoms with van der Waals surface area (Å²) in [6.07, 6.45) is 5.44. The Labute approximate surface area is 103 Å². The minimum Gasteiger partial charge on any atom is -0.301 e. The molecule has 0 unspecified atom stereocenters. The van der Waals surface area contributed by atoms with Gasteiger partial charge in [-0.1, -0.05) is 40.5 Å². The molecule has 0 aromatic heterocycles. The van der Waals surface area contributed by atoms with Crippen molar-refractivity contribution in [3.05, 3.63) is 0 Å². The van der Waals surface area contributed by atoms with Gasteiger partial charge < -0.3 is 9.80 Å². The first-order chi connectivity index (χ1) is 7.86. The van der Waals surface area contributed by atoms with Gasteiger partial charge in [0.2, 0.25) is 0 Å². The Morgan fingerprint density at radius 1 is 0.688 bits per heavy atom. The van der Waals surface area contributed by atoms with Crippen molar-refractivity contribution in [2.45, 2.75) is 53.4 Å². The van der Waals surface area contributed by atoms with E-state index in [9.17, 15) is 0 Å². The average molecular weight is 228 g/mol. The molecule has 0 spiro atoms. The van der Waals surface area contributed by atoms with E-state index in [-0.39, 0.29) is 0 Å². The first kappa shape index (κ1) is 15.9. The number of piperazine rings is 1. The van der Waals surface area contributed by atoms with E-state index in [0.29, 0.717) is 0 Å². The minimum absolute atomic E-state index is 1.29. The van der Waals surface area contributed by atoms with Crippen molar-refractivity contribution in [2.24, 2.45) is 0 Å². The summed E-state index contributed by atoms with van der Waals surface area (Å²) in [6, 6.07) is 0. The third kappa shape index (κ3) is 7.24. The standard InChI is InChI=1S/C12H26N2.C2H6/c1-3-5-6-8-14-11-9-13(7-4-2)10-12-14;1-2/h3-12H2,1-2H3;1-2H3. The molecular weight excluding hydrogens is 196 g/mol. The largest absolute Gasteiger partial charge is 0.301 e. The van der Waals surface area contributed by atoms with Crippen LogP contribution in [0.1, 0.15) is 53.4 Å². The van der Waals surface area contributed by atoms with Gasteiger partial charge in [-0.05, 0) is 25.9 Å². The molecule has 0 amide bonds. The van der Waals surface area contributed by atoms with Crippen LogP contribution in [-0.4, -0.2) is 49.1 Å². The lowest BCUT2D eigenvalue weighted by atomic mass is 10.2. The summed E-state index contributed by atoms with van der Waals surface area (Å²) < 4.78 is 0. The van der Waals surface area contributed by atoms with Crippen molar-refractivity contribution in [3.63, 3.8) is 0 Å². The third-order valence-corrected chi connectivity index (χ3v) is 3.08. The molecule has 1 aliphatic heterocycles. The van der Waals surface area contributed by atoms with Crippen molar-refractivity contribution in [3.8, 4) is 0 Å². The topological polar surface area (TPSA) is 6.48 Å². The molecule has 0 aromatic carbocycles. The van der Waals surface area contributed by atoms with E-state index in [4.69, 9.17) is 0 Å². The molecular formula is C14H32N2. The number of hydrogen-bond donors (Lipinski definition) is 0. The van der Waals surface area contributed by atoms with E-state index in [1.54, 1.807) is 0 Å². The maximum atomic E-state index is 2.63. The molecule has 1 fully saturated rings. The summed E-state index contributed by atoms with van der Waals surface area (Å²) in [5, 5.41) is 0. The Balaban J connectivity index is 0.00000106. The zero-order valence-electron chi connectivity index (χ0n) is 12.0. The molecule has 1 heterocycles. The summed E-state index contributed by atoms with van der Waals surface area (Å²) in [7, 11) is 0. The average Bonchev–Trinajstić information content (AvgIpc) is 2.35. The van der Waals surface area contributed by atoms with E-state index in [2.05, 4.69) is 23.6 Å². The van der Waals surface area contributed by atoms with Crippen LogP contribution in [0.15, 0.2) is 0 Å². The second-order valence-electron chi connectivity index (χ2n) is 4.39. The van der Waals surface area contributed by atoms with Gasteiger partial charge in [0, 0.05) is 26.2 Å². The van der Waals surface area contributed by atoms with Crippen LogP contribution >= 0.6 is 0 Å². The van der Waals surface area contributed by atoms with Crippen molar-refractivity contribution >= 4 is 0 Å². The number of hydrogen-bond acceptors (Lipinski definition) is 2. The Morgan fingerprint density at radius 3 is 1.62 bits per heavy atom. The van der Waals surface area contributed by atoms with E-state index in [1.165, 1.54) is 65.0 Å². The molecule has 0 aromatic rings. The summed E-state index contributed by atoms with van der Waals surface area (Å²) in [4.78, 5) is 5.22. The van der Waals surface area contributed by atoms with Crippen molar-refractivity contribution < 1.29 is 0 Å². The van der Waals surface area contributed by atoms with Crippen LogP contribution in [0.2, 0.25) is 0 Å². The maximum Gasteiger partial charge on any atom is 0.0110 e. The fourth-order valence-electron chi connectivity index (χ4n) is 2.14. The second-order valence-corrected chi connectivity index (χ2v) is 4.39. The van der Waals surface area contributed by atoms with E-state index < -0.39 is 0 Å². The van der Waals surface area contributed by atoms with Crippen LogP contribution < -0.4 is 0 Å². The number of rotatable bonds is 6. The highest BCUT2D eigenvalue weighted by Gasteiger charge is 2.14. The predicted octanol–water partition coefficient (Wildman–Crippen LogP) is 3.23. The SMILES string of the molecule is CC.CCCCCN1CCN(CCC)CC1. The minimum atomic E-state index is 1.29. The van der Waals surface area contributed by atoms with Gasteiger partial charge in [0.15, 0.2) is 0 Å². The normalized spacial score (nSPS) is 18.0. The first-order valence-electron chi connectivity index (χ1n) is 7.31. The molecule has 1 rings (SSSR count). The molecule has 0 bridgehead atoms. The van der Waals surface area contributed by atoms with Gasteiger partial charge in [-0.2, -0.15) is 0 Å². The highest BCUT2D eigenvalue weighted by Crippen LogP contribution is 2.04. The molecule has 0 N–H and O–H groups in total. The van der Waals surface area contributed by atoms with Crippen LogP contribution in [-0.2, 0) is 0 Å². The van der Waals surface area contributed by atoms with E-state index in [1.807, 2.05) is 13.8 Å². The van der Waals surface area contributed by atoms with Crippen LogP contribution in [0.25, 0.3) is 0 Å². The molecule has 98 valence electrons. The Kier molecular flexibility index (Phi) is 11.3. The molecule has 1 saturated heterocycles. The van der Waals surface area contributed by atoms with Crippen LogP contribution in [0.4, 0.5) is 0 Å². The lowest BCUT2D eigenvalue weighted by molar-refractivity contribution is 0.131. The highest BCUT2D eigenvalue weighted by molar-refractivity contribution is 4.71. The lowest BCUT2D eigenvalue weighted by Gasteiger charge is -2.34. The predicted molar refractivity (Wildman–Crippen MR) is 74.0 cm³/mol. The molecule has 16 heavy (non-hydrogen) atoms. The molecule has 0 saturated carbocycles. The summed E-state index contributed by atoms with van der Waals surface area (Å²) in [5.41, 5.74) is 0. The zero-order valence-corrected chi connectivity index (χ0v) is 12.0. The van der Waals surface area contributed by atoms with Gasteiger partial charge in [-0.25, -0.2) is 0 Å². The summed E-state index contributed by atoms with van der Waals surface area (Å²) >= 11 is 0. The molecule has 2 heteroatoms. The van der Waals surface area contributed by atoms with Crippen LogP contribution in [0.5, 0.6) is 0 Å². The molecule has 2 nitrogen and oxygen atoms in total.